The summed E-state index contributed by atoms with van der Waals surface area (Å²) < 4.78 is 12.5. The summed E-state index contributed by atoms with van der Waals surface area (Å²) in [6, 6.07) is 12.8. The van der Waals surface area contributed by atoms with Crippen LogP contribution in [0.25, 0.3) is 16.9 Å². The smallest absolute Gasteiger partial charge is 0.256 e. The number of ether oxygens (including phenoxy) is 2. The maximum absolute atomic E-state index is 12.8. The number of nitrogens with one attached hydrogen (secondary N) is 1. The predicted octanol–water partition coefficient (Wildman–Crippen LogP) is 4.40. The van der Waals surface area contributed by atoms with E-state index >= 15 is 0 Å². The first-order valence-electron chi connectivity index (χ1n) is 9.55. The molecule has 9 heteroatoms. The van der Waals surface area contributed by atoms with Crippen molar-refractivity contribution in [2.45, 2.75) is 6.42 Å². The van der Waals surface area contributed by atoms with E-state index in [2.05, 4.69) is 15.4 Å². The fourth-order valence-electron chi connectivity index (χ4n) is 3.46. The number of halogens is 2. The fraction of sp³-hybridized carbons (Fsp3) is 0.136. The molecular formula is C22H16Cl2N4O3. The maximum atomic E-state index is 12.8. The minimum atomic E-state index is -0.254. The predicted molar refractivity (Wildman–Crippen MR) is 117 cm³/mol. The van der Waals surface area contributed by atoms with Crippen molar-refractivity contribution in [3.8, 4) is 22.8 Å². The Morgan fingerprint density at radius 1 is 1.10 bits per heavy atom. The lowest BCUT2D eigenvalue weighted by molar-refractivity contribution is 0.0955. The number of rotatable bonds is 5. The highest BCUT2D eigenvalue weighted by Gasteiger charge is 2.18. The second kappa shape index (κ2) is 8.09. The van der Waals surface area contributed by atoms with Crippen molar-refractivity contribution in [3.63, 3.8) is 0 Å². The van der Waals surface area contributed by atoms with Gasteiger partial charge in [0, 0.05) is 28.4 Å². The zero-order valence-corrected chi connectivity index (χ0v) is 17.7. The number of amides is 1. The molecule has 1 aliphatic heterocycles. The van der Waals surface area contributed by atoms with Crippen molar-refractivity contribution in [2.75, 3.05) is 13.3 Å². The summed E-state index contributed by atoms with van der Waals surface area (Å²) in [5.74, 6) is 1.12. The molecule has 156 valence electrons. The highest BCUT2D eigenvalue weighted by Crippen LogP contribution is 2.35. The highest BCUT2D eigenvalue weighted by atomic mass is 35.5. The van der Waals surface area contributed by atoms with Crippen molar-refractivity contribution in [3.05, 3.63) is 76.0 Å². The summed E-state index contributed by atoms with van der Waals surface area (Å²) in [5.41, 5.74) is 3.44. The molecular weight excluding hydrogens is 439 g/mol. The number of hydrogen-bond acceptors (Lipinski definition) is 5. The topological polar surface area (TPSA) is 77.8 Å². The molecule has 0 aliphatic carbocycles. The molecule has 0 atom stereocenters. The molecule has 0 fully saturated rings. The maximum Gasteiger partial charge on any atom is 0.256 e. The molecule has 0 spiro atoms. The van der Waals surface area contributed by atoms with E-state index in [4.69, 9.17) is 32.7 Å². The Morgan fingerprint density at radius 3 is 2.84 bits per heavy atom. The highest BCUT2D eigenvalue weighted by molar-refractivity contribution is 6.35. The van der Waals surface area contributed by atoms with E-state index in [1.54, 1.807) is 22.8 Å². The number of hydrogen-bond donors (Lipinski definition) is 1. The van der Waals surface area contributed by atoms with Crippen molar-refractivity contribution >= 4 is 34.8 Å². The molecule has 3 heterocycles. The second-order valence-corrected chi connectivity index (χ2v) is 7.78. The fourth-order valence-corrected chi connectivity index (χ4v) is 3.96. The molecule has 2 aromatic heterocycles. The number of fused-ring (bicyclic) bond motifs is 2. The molecule has 2 aromatic carbocycles. The molecule has 0 unspecified atom stereocenters. The third kappa shape index (κ3) is 3.78. The minimum Gasteiger partial charge on any atom is -0.454 e. The van der Waals surface area contributed by atoms with Gasteiger partial charge in [-0.2, -0.15) is 5.10 Å². The van der Waals surface area contributed by atoms with Gasteiger partial charge in [-0.25, -0.2) is 9.50 Å². The van der Waals surface area contributed by atoms with E-state index in [1.807, 2.05) is 30.3 Å². The van der Waals surface area contributed by atoms with Crippen LogP contribution in [-0.2, 0) is 6.42 Å². The van der Waals surface area contributed by atoms with Gasteiger partial charge >= 0.3 is 0 Å². The Kier molecular flexibility index (Phi) is 5.13. The van der Waals surface area contributed by atoms with Crippen LogP contribution in [0, 0.1) is 0 Å². The van der Waals surface area contributed by atoms with E-state index in [9.17, 15) is 4.79 Å². The van der Waals surface area contributed by atoms with Gasteiger partial charge in [0.1, 0.15) is 5.56 Å². The summed E-state index contributed by atoms with van der Waals surface area (Å²) in [4.78, 5) is 17.1. The largest absolute Gasteiger partial charge is 0.454 e. The van der Waals surface area contributed by atoms with E-state index in [1.165, 1.54) is 6.20 Å². The minimum absolute atomic E-state index is 0.206. The quantitative estimate of drug-likeness (QED) is 0.483. The molecule has 4 aromatic rings. The van der Waals surface area contributed by atoms with Gasteiger partial charge in [0.25, 0.3) is 5.91 Å². The third-order valence-corrected chi connectivity index (χ3v) is 5.60. The van der Waals surface area contributed by atoms with Crippen molar-refractivity contribution in [1.82, 2.24) is 19.9 Å². The van der Waals surface area contributed by atoms with Gasteiger partial charge < -0.3 is 14.8 Å². The molecule has 7 nitrogen and oxygen atoms in total. The Morgan fingerprint density at radius 2 is 1.97 bits per heavy atom. The van der Waals surface area contributed by atoms with E-state index in [-0.39, 0.29) is 12.7 Å². The van der Waals surface area contributed by atoms with Gasteiger partial charge in [-0.1, -0.05) is 29.3 Å². The molecule has 0 saturated carbocycles. The Balaban J connectivity index is 1.36. The van der Waals surface area contributed by atoms with Crippen LogP contribution >= 0.6 is 23.2 Å². The average Bonchev–Trinajstić information content (AvgIpc) is 3.41. The number of aromatic nitrogens is 3. The zero-order valence-electron chi connectivity index (χ0n) is 16.1. The van der Waals surface area contributed by atoms with Gasteiger partial charge in [0.2, 0.25) is 6.79 Å². The van der Waals surface area contributed by atoms with Gasteiger partial charge in [0.15, 0.2) is 17.1 Å². The van der Waals surface area contributed by atoms with Crippen LogP contribution in [0.1, 0.15) is 15.9 Å². The standard InChI is InChI=1S/C22H16Cl2N4O3/c23-15-3-1-13(17(24)10-15)5-7-26-22(29)16-11-27-28-18(6-8-25-21(16)28)14-2-4-19-20(9-14)31-12-30-19/h1-4,6,8-11H,5,7,12H2,(H,26,29). The molecule has 31 heavy (non-hydrogen) atoms. The van der Waals surface area contributed by atoms with Crippen LogP contribution in [0.2, 0.25) is 10.0 Å². The lowest BCUT2D eigenvalue weighted by Gasteiger charge is -2.07. The first-order chi connectivity index (χ1) is 15.1. The molecule has 1 N–H and O–H groups in total. The molecule has 1 aliphatic rings. The van der Waals surface area contributed by atoms with Crippen LogP contribution in [-0.4, -0.2) is 33.8 Å². The Bertz CT molecular complexity index is 1310. The number of carbonyl (C=O) groups is 1. The van der Waals surface area contributed by atoms with Crippen molar-refractivity contribution < 1.29 is 14.3 Å². The number of benzene rings is 2. The SMILES string of the molecule is O=C(NCCc1ccc(Cl)cc1Cl)c1cnn2c(-c3ccc4c(c3)OCO4)ccnc12. The summed E-state index contributed by atoms with van der Waals surface area (Å²) in [7, 11) is 0. The van der Waals surface area contributed by atoms with Crippen LogP contribution in [0.15, 0.2) is 54.9 Å². The van der Waals surface area contributed by atoms with Gasteiger partial charge in [-0.3, -0.25) is 4.79 Å². The van der Waals surface area contributed by atoms with E-state index in [0.717, 1.165) is 16.8 Å². The summed E-state index contributed by atoms with van der Waals surface area (Å²) >= 11 is 12.1. The molecule has 0 saturated heterocycles. The Labute approximate surface area is 187 Å². The van der Waals surface area contributed by atoms with Crippen molar-refractivity contribution in [1.29, 1.82) is 0 Å². The number of nitrogens with zero attached hydrogens (tertiary/aromatic N) is 3. The number of carbonyl (C=O) groups excluding carboxylic acids is 1. The molecule has 0 radical (unpaired) electrons. The van der Waals surface area contributed by atoms with Gasteiger partial charge in [-0.05, 0) is 48.4 Å². The lowest BCUT2D eigenvalue weighted by Crippen LogP contribution is -2.25. The molecule has 0 bridgehead atoms. The Hall–Kier alpha value is -3.29. The summed E-state index contributed by atoms with van der Waals surface area (Å²) in [6.45, 7) is 0.622. The van der Waals surface area contributed by atoms with E-state index in [0.29, 0.717) is 45.7 Å². The van der Waals surface area contributed by atoms with E-state index < -0.39 is 0 Å². The zero-order chi connectivity index (χ0) is 21.4. The first-order valence-corrected chi connectivity index (χ1v) is 10.3. The van der Waals surface area contributed by atoms with Crippen molar-refractivity contribution in [2.24, 2.45) is 0 Å². The van der Waals surface area contributed by atoms with Crippen LogP contribution in [0.3, 0.4) is 0 Å². The second-order valence-electron chi connectivity index (χ2n) is 6.93. The van der Waals surface area contributed by atoms with Crippen LogP contribution in [0.5, 0.6) is 11.5 Å². The van der Waals surface area contributed by atoms with Crippen LogP contribution < -0.4 is 14.8 Å². The summed E-state index contributed by atoms with van der Waals surface area (Å²) in [6.07, 6.45) is 3.75. The molecule has 5 rings (SSSR count). The summed E-state index contributed by atoms with van der Waals surface area (Å²) in [5, 5.41) is 8.44. The monoisotopic (exact) mass is 454 g/mol. The van der Waals surface area contributed by atoms with Gasteiger partial charge in [0.05, 0.1) is 11.9 Å². The lowest BCUT2D eigenvalue weighted by atomic mass is 10.1. The third-order valence-electron chi connectivity index (χ3n) is 5.01. The average molecular weight is 455 g/mol. The molecule has 1 amide bonds. The van der Waals surface area contributed by atoms with Gasteiger partial charge in [-0.15, -0.1) is 0 Å². The normalized spacial score (nSPS) is 12.3. The van der Waals surface area contributed by atoms with Crippen LogP contribution in [0.4, 0.5) is 0 Å². The first kappa shape index (κ1) is 19.7.